The number of aryl methyl sites for hydroxylation is 1. The van der Waals surface area contributed by atoms with Crippen molar-refractivity contribution >= 4 is 34.4 Å². The van der Waals surface area contributed by atoms with Crippen molar-refractivity contribution in [3.05, 3.63) is 77.0 Å². The molecule has 1 aliphatic rings. The molecule has 0 radical (unpaired) electrons. The van der Waals surface area contributed by atoms with Crippen LogP contribution in [-0.2, 0) is 4.74 Å². The minimum Gasteiger partial charge on any atom is -0.487 e. The lowest BCUT2D eigenvalue weighted by atomic mass is 9.92. The van der Waals surface area contributed by atoms with Gasteiger partial charge in [-0.3, -0.25) is 9.59 Å². The van der Waals surface area contributed by atoms with E-state index < -0.39 is 17.5 Å². The van der Waals surface area contributed by atoms with E-state index in [1.54, 1.807) is 19.1 Å². The first-order chi connectivity index (χ1) is 17.7. The lowest BCUT2D eigenvalue weighted by Gasteiger charge is -2.31. The fraction of sp³-hybridized carbons (Fsp3) is 0.250. The predicted molar refractivity (Wildman–Crippen MR) is 138 cm³/mol. The van der Waals surface area contributed by atoms with Crippen molar-refractivity contribution in [2.75, 3.05) is 11.9 Å². The molecule has 3 heterocycles. The first-order valence-corrected chi connectivity index (χ1v) is 12.0. The molecule has 37 heavy (non-hydrogen) atoms. The molecule has 1 N–H and O–H groups in total. The zero-order valence-corrected chi connectivity index (χ0v) is 21.0. The third-order valence-corrected chi connectivity index (χ3v) is 6.14. The number of carbonyl (C=O) groups excluding carboxylic acids is 3. The molecule has 4 aromatic rings. The van der Waals surface area contributed by atoms with Crippen LogP contribution in [0.25, 0.3) is 16.7 Å². The van der Waals surface area contributed by atoms with Gasteiger partial charge in [0.15, 0.2) is 17.4 Å². The summed E-state index contributed by atoms with van der Waals surface area (Å²) in [4.78, 5) is 43.4. The van der Waals surface area contributed by atoms with Crippen LogP contribution < -0.4 is 10.1 Å². The van der Waals surface area contributed by atoms with Gasteiger partial charge >= 0.3 is 5.97 Å². The van der Waals surface area contributed by atoms with Crippen LogP contribution in [0.15, 0.2) is 54.7 Å². The van der Waals surface area contributed by atoms with Crippen molar-refractivity contribution in [1.82, 2.24) is 14.8 Å². The third-order valence-electron chi connectivity index (χ3n) is 6.14. The molecule has 0 bridgehead atoms. The lowest BCUT2D eigenvalue weighted by molar-refractivity contribution is 0.0526. The molecule has 0 unspecified atom stereocenters. The maximum Gasteiger partial charge on any atom is 0.343 e. The average Bonchev–Trinajstić information content (AvgIpc) is 3.27. The van der Waals surface area contributed by atoms with Gasteiger partial charge in [0.2, 0.25) is 0 Å². The second-order valence-electron chi connectivity index (χ2n) is 9.48. The third kappa shape index (κ3) is 4.55. The second-order valence-corrected chi connectivity index (χ2v) is 9.48. The van der Waals surface area contributed by atoms with Gasteiger partial charge in [-0.15, -0.1) is 0 Å². The van der Waals surface area contributed by atoms with Crippen molar-refractivity contribution in [2.24, 2.45) is 0 Å². The SMILES string of the molecule is CCOC(=O)c1cnn(-c2cc(C)c3ccccc3n2)c1NC(=O)c1ccc2c(c1)C(=O)CC(C)(C)O2. The van der Waals surface area contributed by atoms with Crippen molar-refractivity contribution in [2.45, 2.75) is 39.7 Å². The van der Waals surface area contributed by atoms with E-state index >= 15 is 0 Å². The Morgan fingerprint density at radius 1 is 1.16 bits per heavy atom. The molecule has 2 aromatic heterocycles. The van der Waals surface area contributed by atoms with Crippen molar-refractivity contribution in [1.29, 1.82) is 0 Å². The van der Waals surface area contributed by atoms with E-state index in [9.17, 15) is 14.4 Å². The molecule has 1 amide bonds. The van der Waals surface area contributed by atoms with Gasteiger partial charge in [0, 0.05) is 10.9 Å². The van der Waals surface area contributed by atoms with Crippen LogP contribution in [0.2, 0.25) is 0 Å². The highest BCUT2D eigenvalue weighted by atomic mass is 16.5. The minimum absolute atomic E-state index is 0.0851. The van der Waals surface area contributed by atoms with Crippen LogP contribution in [0.4, 0.5) is 5.82 Å². The summed E-state index contributed by atoms with van der Waals surface area (Å²) < 4.78 is 12.5. The van der Waals surface area contributed by atoms with Gasteiger partial charge in [-0.2, -0.15) is 9.78 Å². The number of amides is 1. The maximum atomic E-state index is 13.4. The molecule has 0 saturated carbocycles. The van der Waals surface area contributed by atoms with Crippen LogP contribution in [0.5, 0.6) is 5.75 Å². The van der Waals surface area contributed by atoms with Crippen molar-refractivity contribution in [3.63, 3.8) is 0 Å². The van der Waals surface area contributed by atoms with Gasteiger partial charge < -0.3 is 14.8 Å². The highest BCUT2D eigenvalue weighted by molar-refractivity contribution is 6.09. The van der Waals surface area contributed by atoms with Gasteiger partial charge in [-0.05, 0) is 63.6 Å². The fourth-order valence-electron chi connectivity index (χ4n) is 4.41. The highest BCUT2D eigenvalue weighted by Gasteiger charge is 2.33. The molecule has 5 rings (SSSR count). The van der Waals surface area contributed by atoms with Crippen LogP contribution in [0.3, 0.4) is 0 Å². The number of para-hydroxylation sites is 1. The topological polar surface area (TPSA) is 112 Å². The molecule has 0 aliphatic carbocycles. The lowest BCUT2D eigenvalue weighted by Crippen LogP contribution is -2.36. The quantitative estimate of drug-likeness (QED) is 0.389. The molecule has 0 spiro atoms. The summed E-state index contributed by atoms with van der Waals surface area (Å²) in [5.74, 6) is -0.270. The smallest absolute Gasteiger partial charge is 0.343 e. The number of benzene rings is 2. The van der Waals surface area contributed by atoms with Gasteiger partial charge in [0.25, 0.3) is 5.91 Å². The van der Waals surface area contributed by atoms with Crippen molar-refractivity contribution < 1.29 is 23.9 Å². The molecule has 0 saturated heterocycles. The van der Waals surface area contributed by atoms with Crippen LogP contribution in [0, 0.1) is 6.92 Å². The first-order valence-electron chi connectivity index (χ1n) is 12.0. The summed E-state index contributed by atoms with van der Waals surface area (Å²) in [7, 11) is 0. The summed E-state index contributed by atoms with van der Waals surface area (Å²) in [5.41, 5.74) is 1.77. The molecule has 2 aromatic carbocycles. The van der Waals surface area contributed by atoms with Crippen LogP contribution in [-0.4, -0.2) is 44.6 Å². The summed E-state index contributed by atoms with van der Waals surface area (Å²) >= 11 is 0. The highest BCUT2D eigenvalue weighted by Crippen LogP contribution is 2.34. The first kappa shape index (κ1) is 24.2. The number of fused-ring (bicyclic) bond motifs is 2. The van der Waals surface area contributed by atoms with E-state index in [1.807, 2.05) is 51.1 Å². The molecule has 188 valence electrons. The van der Waals surface area contributed by atoms with E-state index in [-0.39, 0.29) is 35.8 Å². The van der Waals surface area contributed by atoms with E-state index in [1.165, 1.54) is 16.9 Å². The Bertz CT molecular complexity index is 1570. The zero-order valence-electron chi connectivity index (χ0n) is 21.0. The van der Waals surface area contributed by atoms with E-state index in [0.717, 1.165) is 16.5 Å². The van der Waals surface area contributed by atoms with Crippen LogP contribution >= 0.6 is 0 Å². The fourth-order valence-corrected chi connectivity index (χ4v) is 4.41. The summed E-state index contributed by atoms with van der Waals surface area (Å²) in [6, 6.07) is 14.2. The number of nitrogens with one attached hydrogen (secondary N) is 1. The standard InChI is InChI=1S/C28H26N4O5/c1-5-36-27(35)20-15-29-32(24-12-16(2)18-8-6-7-9-21(18)30-24)25(20)31-26(34)17-10-11-23-19(13-17)22(33)14-28(3,4)37-23/h6-13,15H,5,14H2,1-4H3,(H,31,34). The molecular formula is C28H26N4O5. The van der Waals surface area contributed by atoms with E-state index in [4.69, 9.17) is 9.47 Å². The Kier molecular flexibility index (Phi) is 5.99. The molecular weight excluding hydrogens is 472 g/mol. The number of pyridine rings is 1. The van der Waals surface area contributed by atoms with Crippen LogP contribution in [0.1, 0.15) is 63.8 Å². The van der Waals surface area contributed by atoms with Gasteiger partial charge in [-0.25, -0.2) is 9.78 Å². The largest absolute Gasteiger partial charge is 0.487 e. The number of carbonyl (C=O) groups is 3. The number of hydrogen-bond donors (Lipinski definition) is 1. The Balaban J connectivity index is 1.55. The summed E-state index contributed by atoms with van der Waals surface area (Å²) in [6.45, 7) is 7.50. The number of ketones is 1. The molecule has 9 nitrogen and oxygen atoms in total. The number of hydrogen-bond acceptors (Lipinski definition) is 7. The molecule has 9 heteroatoms. The minimum atomic E-state index is -0.627. The van der Waals surface area contributed by atoms with E-state index in [2.05, 4.69) is 15.4 Å². The Hall–Kier alpha value is -4.53. The number of aromatic nitrogens is 3. The normalized spacial score (nSPS) is 14.1. The summed E-state index contributed by atoms with van der Waals surface area (Å²) in [6.07, 6.45) is 1.55. The zero-order chi connectivity index (χ0) is 26.3. The monoisotopic (exact) mass is 498 g/mol. The molecule has 1 aliphatic heterocycles. The molecule has 0 fully saturated rings. The number of esters is 1. The Labute approximate surface area is 213 Å². The number of rotatable bonds is 5. The predicted octanol–water partition coefficient (Wildman–Crippen LogP) is 4.90. The Morgan fingerprint density at radius 3 is 2.73 bits per heavy atom. The number of nitrogens with zero attached hydrogens (tertiary/aromatic N) is 3. The van der Waals surface area contributed by atoms with Gasteiger partial charge in [0.1, 0.15) is 16.9 Å². The number of ether oxygens (including phenoxy) is 2. The second kappa shape index (κ2) is 9.16. The molecule has 0 atom stereocenters. The maximum absolute atomic E-state index is 13.4. The number of Topliss-reactive ketones (excluding diaryl/α,β-unsaturated/α-hetero) is 1. The van der Waals surface area contributed by atoms with Gasteiger partial charge in [0.05, 0.1) is 30.3 Å². The number of anilines is 1. The Morgan fingerprint density at radius 2 is 1.95 bits per heavy atom. The average molecular weight is 499 g/mol. The van der Waals surface area contributed by atoms with E-state index in [0.29, 0.717) is 17.1 Å². The van der Waals surface area contributed by atoms with Crippen molar-refractivity contribution in [3.8, 4) is 11.6 Å². The van der Waals surface area contributed by atoms with Gasteiger partial charge in [-0.1, -0.05) is 18.2 Å². The summed E-state index contributed by atoms with van der Waals surface area (Å²) in [5, 5.41) is 8.12.